The highest BCUT2D eigenvalue weighted by atomic mass is 35.5. The van der Waals surface area contributed by atoms with Gasteiger partial charge < -0.3 is 9.30 Å². The van der Waals surface area contributed by atoms with E-state index < -0.39 is 11.7 Å². The van der Waals surface area contributed by atoms with Gasteiger partial charge in [0.05, 0.1) is 34.8 Å². The molecule has 3 aromatic rings. The second kappa shape index (κ2) is 8.62. The van der Waals surface area contributed by atoms with Crippen molar-refractivity contribution in [2.45, 2.75) is 26.1 Å². The minimum Gasteiger partial charge on any atom is -0.379 e. The normalized spacial score (nSPS) is 15.7. The molecule has 1 aromatic heterocycles. The number of benzene rings is 2. The topological polar surface area (TPSA) is 30.3 Å². The molecular formula is C22H22Cl2F3N3O. The lowest BCUT2D eigenvalue weighted by atomic mass is 10.1. The van der Waals surface area contributed by atoms with Gasteiger partial charge in [-0.05, 0) is 41.8 Å². The van der Waals surface area contributed by atoms with Crippen LogP contribution in [0.3, 0.4) is 0 Å². The second-order valence-electron chi connectivity index (χ2n) is 7.81. The van der Waals surface area contributed by atoms with Crippen LogP contribution in [-0.2, 0) is 30.9 Å². The molecule has 0 bridgehead atoms. The average Bonchev–Trinajstić information content (AvgIpc) is 3.03. The van der Waals surface area contributed by atoms with E-state index in [2.05, 4.69) is 9.88 Å². The number of aryl methyl sites for hydroxylation is 2. The van der Waals surface area contributed by atoms with Gasteiger partial charge in [0.2, 0.25) is 0 Å². The Morgan fingerprint density at radius 1 is 1.13 bits per heavy atom. The number of morpholine rings is 1. The number of ether oxygens (including phenoxy) is 1. The molecular weight excluding hydrogens is 450 g/mol. The van der Waals surface area contributed by atoms with Gasteiger partial charge in [-0.25, -0.2) is 4.98 Å². The molecule has 4 rings (SSSR count). The molecule has 1 aliphatic rings. The first-order valence-corrected chi connectivity index (χ1v) is 10.7. The molecule has 2 heterocycles. The molecule has 2 aromatic carbocycles. The summed E-state index contributed by atoms with van der Waals surface area (Å²) >= 11 is 13.2. The summed E-state index contributed by atoms with van der Waals surface area (Å²) in [6.07, 6.45) is -4.10. The standard InChI is InChI=1S/C22H22Cl2F3N3O/c1-13-9-15(22(25,26)27)10-18-21(13)29(2)19(28-18)11-16-17(23)4-3-14(20(16)24)12-30-5-7-31-8-6-30/h3-4,9-10H,5-8,11-12H2,1-2H3. The highest BCUT2D eigenvalue weighted by Crippen LogP contribution is 2.35. The largest absolute Gasteiger partial charge is 0.416 e. The summed E-state index contributed by atoms with van der Waals surface area (Å²) in [4.78, 5) is 6.75. The fourth-order valence-electron chi connectivity index (χ4n) is 4.04. The number of nitrogens with zero attached hydrogens (tertiary/aromatic N) is 3. The maximum Gasteiger partial charge on any atom is 0.416 e. The number of hydrogen-bond donors (Lipinski definition) is 0. The molecule has 9 heteroatoms. The summed E-state index contributed by atoms with van der Waals surface area (Å²) in [7, 11) is 1.80. The Hall–Kier alpha value is -1.80. The Morgan fingerprint density at radius 3 is 2.52 bits per heavy atom. The van der Waals surface area contributed by atoms with Gasteiger partial charge in [0.25, 0.3) is 0 Å². The molecule has 1 fully saturated rings. The van der Waals surface area contributed by atoms with Crippen molar-refractivity contribution in [3.8, 4) is 0 Å². The van der Waals surface area contributed by atoms with Gasteiger partial charge in [0.15, 0.2) is 0 Å². The maximum absolute atomic E-state index is 13.2. The van der Waals surface area contributed by atoms with Crippen molar-refractivity contribution in [2.75, 3.05) is 26.3 Å². The van der Waals surface area contributed by atoms with Gasteiger partial charge in [-0.15, -0.1) is 0 Å². The fraction of sp³-hybridized carbons (Fsp3) is 0.409. The summed E-state index contributed by atoms with van der Waals surface area (Å²) in [6.45, 7) is 5.39. The highest BCUT2D eigenvalue weighted by molar-refractivity contribution is 6.36. The third-order valence-electron chi connectivity index (χ3n) is 5.68. The Bertz CT molecular complexity index is 1120. The van der Waals surface area contributed by atoms with E-state index in [0.29, 0.717) is 58.6 Å². The van der Waals surface area contributed by atoms with Crippen molar-refractivity contribution in [1.29, 1.82) is 0 Å². The van der Waals surface area contributed by atoms with Gasteiger partial charge in [-0.3, -0.25) is 4.90 Å². The number of halogens is 5. The molecule has 0 radical (unpaired) electrons. The minimum absolute atomic E-state index is 0.307. The molecule has 1 saturated heterocycles. The van der Waals surface area contributed by atoms with E-state index in [9.17, 15) is 13.2 Å². The molecule has 0 atom stereocenters. The predicted octanol–water partition coefficient (Wildman–Crippen LogP) is 5.63. The summed E-state index contributed by atoms with van der Waals surface area (Å²) in [5.41, 5.74) is 2.47. The van der Waals surface area contributed by atoms with Crippen molar-refractivity contribution < 1.29 is 17.9 Å². The van der Waals surface area contributed by atoms with Crippen LogP contribution < -0.4 is 0 Å². The zero-order valence-electron chi connectivity index (χ0n) is 17.2. The van der Waals surface area contributed by atoms with Crippen LogP contribution in [0, 0.1) is 6.92 Å². The Morgan fingerprint density at radius 2 is 1.84 bits per heavy atom. The average molecular weight is 472 g/mol. The van der Waals surface area contributed by atoms with Gasteiger partial charge in [-0.2, -0.15) is 13.2 Å². The fourth-order valence-corrected chi connectivity index (χ4v) is 4.60. The highest BCUT2D eigenvalue weighted by Gasteiger charge is 2.32. The Balaban J connectivity index is 1.69. The number of alkyl halides is 3. The van der Waals surface area contributed by atoms with E-state index in [1.54, 1.807) is 14.0 Å². The van der Waals surface area contributed by atoms with Crippen molar-refractivity contribution in [1.82, 2.24) is 14.5 Å². The molecule has 4 nitrogen and oxygen atoms in total. The molecule has 0 saturated carbocycles. The zero-order chi connectivity index (χ0) is 22.3. The molecule has 0 unspecified atom stereocenters. The predicted molar refractivity (Wildman–Crippen MR) is 116 cm³/mol. The molecule has 166 valence electrons. The zero-order valence-corrected chi connectivity index (χ0v) is 18.7. The maximum atomic E-state index is 13.2. The van der Waals surface area contributed by atoms with E-state index in [4.69, 9.17) is 27.9 Å². The molecule has 0 aliphatic carbocycles. The lowest BCUT2D eigenvalue weighted by Gasteiger charge is -2.27. The third-order valence-corrected chi connectivity index (χ3v) is 6.50. The van der Waals surface area contributed by atoms with Gasteiger partial charge in [0.1, 0.15) is 5.82 Å². The van der Waals surface area contributed by atoms with Crippen LogP contribution in [0.4, 0.5) is 13.2 Å². The van der Waals surface area contributed by atoms with E-state index in [0.717, 1.165) is 36.3 Å². The summed E-state index contributed by atoms with van der Waals surface area (Å²) < 4.78 is 46.8. The summed E-state index contributed by atoms with van der Waals surface area (Å²) in [6, 6.07) is 5.97. The number of aromatic nitrogens is 2. The van der Waals surface area contributed by atoms with E-state index in [-0.39, 0.29) is 0 Å². The number of imidazole rings is 1. The molecule has 31 heavy (non-hydrogen) atoms. The lowest BCUT2D eigenvalue weighted by molar-refractivity contribution is -0.137. The van der Waals surface area contributed by atoms with Crippen molar-refractivity contribution in [2.24, 2.45) is 7.05 Å². The molecule has 0 spiro atoms. The summed E-state index contributed by atoms with van der Waals surface area (Å²) in [5.74, 6) is 0.602. The van der Waals surface area contributed by atoms with Crippen LogP contribution in [0.15, 0.2) is 24.3 Å². The number of fused-ring (bicyclic) bond motifs is 1. The first-order chi connectivity index (χ1) is 14.6. The first-order valence-electron chi connectivity index (χ1n) is 9.94. The summed E-state index contributed by atoms with van der Waals surface area (Å²) in [5, 5.41) is 1.08. The van der Waals surface area contributed by atoms with Crippen LogP contribution in [0.5, 0.6) is 0 Å². The van der Waals surface area contributed by atoms with Crippen molar-refractivity contribution >= 4 is 34.2 Å². The van der Waals surface area contributed by atoms with Gasteiger partial charge in [-0.1, -0.05) is 29.3 Å². The monoisotopic (exact) mass is 471 g/mol. The van der Waals surface area contributed by atoms with Crippen LogP contribution in [0.1, 0.15) is 28.1 Å². The quantitative estimate of drug-likeness (QED) is 0.493. The van der Waals surface area contributed by atoms with Crippen molar-refractivity contribution in [3.05, 3.63) is 62.4 Å². The van der Waals surface area contributed by atoms with Crippen LogP contribution in [0.2, 0.25) is 10.0 Å². The first kappa shape index (κ1) is 22.4. The molecule has 0 amide bonds. The second-order valence-corrected chi connectivity index (χ2v) is 8.60. The van der Waals surface area contributed by atoms with E-state index >= 15 is 0 Å². The van der Waals surface area contributed by atoms with Gasteiger partial charge in [0, 0.05) is 38.1 Å². The van der Waals surface area contributed by atoms with Crippen LogP contribution in [-0.4, -0.2) is 40.8 Å². The Labute approximate surface area is 188 Å². The number of hydrogen-bond acceptors (Lipinski definition) is 3. The lowest BCUT2D eigenvalue weighted by Crippen LogP contribution is -2.35. The molecule has 0 N–H and O–H groups in total. The van der Waals surface area contributed by atoms with E-state index in [1.807, 2.05) is 16.7 Å². The van der Waals surface area contributed by atoms with Crippen LogP contribution >= 0.6 is 23.2 Å². The molecule has 1 aliphatic heterocycles. The SMILES string of the molecule is Cc1cc(C(F)(F)F)cc2nc(Cc3c(Cl)ccc(CN4CCOCC4)c3Cl)n(C)c12. The minimum atomic E-state index is -4.42. The van der Waals surface area contributed by atoms with Crippen LogP contribution in [0.25, 0.3) is 11.0 Å². The van der Waals surface area contributed by atoms with Crippen molar-refractivity contribution in [3.63, 3.8) is 0 Å². The van der Waals surface area contributed by atoms with Gasteiger partial charge >= 0.3 is 6.18 Å². The third kappa shape index (κ3) is 4.55. The van der Waals surface area contributed by atoms with E-state index in [1.165, 1.54) is 0 Å². The number of rotatable bonds is 4. The smallest absolute Gasteiger partial charge is 0.379 e. The Kier molecular flexibility index (Phi) is 6.23.